The number of carbonyl (C=O) groups excluding carboxylic acids is 1. The number of nitrogens with zero attached hydrogens (tertiary/aromatic N) is 3. The average Bonchev–Trinajstić information content (AvgIpc) is 2.94. The van der Waals surface area contributed by atoms with Crippen LogP contribution in [0, 0.1) is 10.1 Å². The van der Waals surface area contributed by atoms with E-state index in [4.69, 9.17) is 9.15 Å². The quantitative estimate of drug-likeness (QED) is 0.581. The van der Waals surface area contributed by atoms with Crippen LogP contribution < -0.4 is 0 Å². The predicted octanol–water partition coefficient (Wildman–Crippen LogP) is 4.23. The topological polar surface area (TPSA) is 98.7 Å². The fourth-order valence-electron chi connectivity index (χ4n) is 2.73. The molecule has 0 saturated carbocycles. The SMILES string of the molecule is CC(C)(C)OC(=O)N1CCC[C@@H](Sc2nc3cc([N+](=O)[O-])ccc3o2)C1. The Morgan fingerprint density at radius 2 is 2.23 bits per heavy atom. The van der Waals surface area contributed by atoms with Crippen LogP contribution in [0.25, 0.3) is 11.1 Å². The molecule has 0 spiro atoms. The zero-order valence-corrected chi connectivity index (χ0v) is 15.7. The molecule has 1 saturated heterocycles. The molecule has 0 aliphatic carbocycles. The number of oxazole rings is 1. The molecule has 1 atom stereocenters. The van der Waals surface area contributed by atoms with Crippen molar-refractivity contribution >= 4 is 34.6 Å². The van der Waals surface area contributed by atoms with Crippen molar-refractivity contribution in [2.75, 3.05) is 13.1 Å². The Bertz CT molecular complexity index is 829. The van der Waals surface area contributed by atoms with Gasteiger partial charge in [-0.25, -0.2) is 9.78 Å². The van der Waals surface area contributed by atoms with E-state index in [1.165, 1.54) is 23.9 Å². The number of hydrogen-bond acceptors (Lipinski definition) is 7. The van der Waals surface area contributed by atoms with Crippen LogP contribution in [0.3, 0.4) is 0 Å². The molecular weight excluding hydrogens is 358 g/mol. The monoisotopic (exact) mass is 379 g/mol. The number of carbonyl (C=O) groups is 1. The fourth-order valence-corrected chi connectivity index (χ4v) is 3.84. The van der Waals surface area contributed by atoms with Crippen molar-refractivity contribution in [2.45, 2.75) is 49.7 Å². The minimum absolute atomic E-state index is 0.0175. The Morgan fingerprint density at radius 3 is 2.92 bits per heavy atom. The molecule has 2 aromatic rings. The molecule has 8 nitrogen and oxygen atoms in total. The summed E-state index contributed by atoms with van der Waals surface area (Å²) in [7, 11) is 0. The maximum absolute atomic E-state index is 12.2. The van der Waals surface area contributed by atoms with E-state index in [-0.39, 0.29) is 17.0 Å². The van der Waals surface area contributed by atoms with E-state index in [0.717, 1.165) is 12.8 Å². The van der Waals surface area contributed by atoms with E-state index in [2.05, 4.69) is 4.98 Å². The molecule has 1 amide bonds. The maximum atomic E-state index is 12.2. The van der Waals surface area contributed by atoms with Crippen LogP contribution in [0.2, 0.25) is 0 Å². The third kappa shape index (κ3) is 4.46. The highest BCUT2D eigenvalue weighted by atomic mass is 32.2. The Labute approximate surface area is 155 Å². The molecular formula is C17H21N3O5S. The Kier molecular flexibility index (Phi) is 5.08. The lowest BCUT2D eigenvalue weighted by atomic mass is 10.1. The van der Waals surface area contributed by atoms with Gasteiger partial charge in [-0.3, -0.25) is 10.1 Å². The van der Waals surface area contributed by atoms with Crippen LogP contribution in [0.4, 0.5) is 10.5 Å². The molecule has 3 rings (SSSR count). The lowest BCUT2D eigenvalue weighted by Gasteiger charge is -2.33. The minimum atomic E-state index is -0.522. The summed E-state index contributed by atoms with van der Waals surface area (Å²) in [6, 6.07) is 4.35. The predicted molar refractivity (Wildman–Crippen MR) is 97.3 cm³/mol. The van der Waals surface area contributed by atoms with Gasteiger partial charge in [0.25, 0.3) is 10.9 Å². The van der Waals surface area contributed by atoms with E-state index < -0.39 is 10.5 Å². The van der Waals surface area contributed by atoms with Gasteiger partial charge in [0.1, 0.15) is 11.1 Å². The van der Waals surface area contributed by atoms with Gasteiger partial charge in [0.15, 0.2) is 5.58 Å². The van der Waals surface area contributed by atoms with Gasteiger partial charge >= 0.3 is 6.09 Å². The molecule has 26 heavy (non-hydrogen) atoms. The van der Waals surface area contributed by atoms with E-state index >= 15 is 0 Å². The Balaban J connectivity index is 1.67. The van der Waals surface area contributed by atoms with Gasteiger partial charge < -0.3 is 14.1 Å². The highest BCUT2D eigenvalue weighted by Crippen LogP contribution is 2.32. The lowest BCUT2D eigenvalue weighted by molar-refractivity contribution is -0.384. The summed E-state index contributed by atoms with van der Waals surface area (Å²) in [5.74, 6) is 0. The first kappa shape index (κ1) is 18.5. The molecule has 140 valence electrons. The number of piperidine rings is 1. The Hall–Kier alpha value is -2.29. The van der Waals surface area contributed by atoms with Crippen molar-refractivity contribution in [1.29, 1.82) is 0 Å². The van der Waals surface area contributed by atoms with Crippen molar-refractivity contribution in [3.05, 3.63) is 28.3 Å². The van der Waals surface area contributed by atoms with Crippen LogP contribution in [0.5, 0.6) is 0 Å². The summed E-state index contributed by atoms with van der Waals surface area (Å²) in [4.78, 5) is 28.7. The number of fused-ring (bicyclic) bond motifs is 1. The number of nitro benzene ring substituents is 1. The standard InChI is InChI=1S/C17H21N3O5S/c1-17(2,3)25-16(21)19-8-4-5-12(10-19)26-15-18-13-9-11(20(22)23)6-7-14(13)24-15/h6-7,9,12H,4-5,8,10H2,1-3H3/t12-/m1/s1. The zero-order chi connectivity index (χ0) is 18.9. The molecule has 9 heteroatoms. The molecule has 0 unspecified atom stereocenters. The Morgan fingerprint density at radius 1 is 1.46 bits per heavy atom. The summed E-state index contributed by atoms with van der Waals surface area (Å²) in [6.07, 6.45) is 1.50. The number of non-ortho nitro benzene ring substituents is 1. The first-order chi connectivity index (χ1) is 12.2. The third-order valence-electron chi connectivity index (χ3n) is 3.86. The van der Waals surface area contributed by atoms with Crippen LogP contribution >= 0.6 is 11.8 Å². The smallest absolute Gasteiger partial charge is 0.410 e. The first-order valence-electron chi connectivity index (χ1n) is 8.41. The third-order valence-corrected chi connectivity index (χ3v) is 4.95. The zero-order valence-electron chi connectivity index (χ0n) is 14.9. The first-order valence-corrected chi connectivity index (χ1v) is 9.29. The van der Waals surface area contributed by atoms with Gasteiger partial charge in [-0.2, -0.15) is 0 Å². The van der Waals surface area contributed by atoms with Gasteiger partial charge in [0, 0.05) is 30.5 Å². The van der Waals surface area contributed by atoms with Crippen LogP contribution in [0.15, 0.2) is 27.8 Å². The van der Waals surface area contributed by atoms with Crippen molar-refractivity contribution in [3.8, 4) is 0 Å². The van der Waals surface area contributed by atoms with E-state index in [1.54, 1.807) is 11.0 Å². The van der Waals surface area contributed by atoms with E-state index in [0.29, 0.717) is 29.4 Å². The summed E-state index contributed by atoms with van der Waals surface area (Å²) >= 11 is 1.45. The number of likely N-dealkylation sites (tertiary alicyclic amines) is 1. The van der Waals surface area contributed by atoms with Gasteiger partial charge in [-0.15, -0.1) is 0 Å². The van der Waals surface area contributed by atoms with E-state index in [1.807, 2.05) is 20.8 Å². The molecule has 1 fully saturated rings. The van der Waals surface area contributed by atoms with Gasteiger partial charge in [0.2, 0.25) is 0 Å². The molecule has 1 aliphatic rings. The largest absolute Gasteiger partial charge is 0.444 e. The number of ether oxygens (including phenoxy) is 1. The number of benzene rings is 1. The number of thioether (sulfide) groups is 1. The second-order valence-corrected chi connectivity index (χ2v) is 8.45. The maximum Gasteiger partial charge on any atom is 0.410 e. The molecule has 1 aliphatic heterocycles. The molecule has 0 bridgehead atoms. The fraction of sp³-hybridized carbons (Fsp3) is 0.529. The number of amides is 1. The summed E-state index contributed by atoms with van der Waals surface area (Å²) in [5.41, 5.74) is 0.433. The second kappa shape index (κ2) is 7.14. The number of aromatic nitrogens is 1. The molecule has 2 heterocycles. The number of nitro groups is 1. The van der Waals surface area contributed by atoms with Crippen molar-refractivity contribution in [2.24, 2.45) is 0 Å². The van der Waals surface area contributed by atoms with Crippen molar-refractivity contribution < 1.29 is 18.9 Å². The minimum Gasteiger partial charge on any atom is -0.444 e. The van der Waals surface area contributed by atoms with Crippen LogP contribution in [-0.2, 0) is 4.74 Å². The lowest BCUT2D eigenvalue weighted by Crippen LogP contribution is -2.43. The molecule has 1 aromatic heterocycles. The average molecular weight is 379 g/mol. The molecule has 1 aromatic carbocycles. The summed E-state index contributed by atoms with van der Waals surface area (Å²) < 4.78 is 11.1. The van der Waals surface area contributed by atoms with Crippen molar-refractivity contribution in [1.82, 2.24) is 9.88 Å². The summed E-state index contributed by atoms with van der Waals surface area (Å²) in [6.45, 7) is 6.76. The normalized spacial score (nSPS) is 18.1. The highest BCUT2D eigenvalue weighted by molar-refractivity contribution is 7.99. The molecule has 0 radical (unpaired) electrons. The van der Waals surface area contributed by atoms with Gasteiger partial charge in [-0.1, -0.05) is 11.8 Å². The number of rotatable bonds is 3. The van der Waals surface area contributed by atoms with Crippen LogP contribution in [0.1, 0.15) is 33.6 Å². The van der Waals surface area contributed by atoms with Crippen LogP contribution in [-0.4, -0.2) is 44.8 Å². The second-order valence-electron chi connectivity index (χ2n) is 7.20. The van der Waals surface area contributed by atoms with E-state index in [9.17, 15) is 14.9 Å². The highest BCUT2D eigenvalue weighted by Gasteiger charge is 2.29. The number of hydrogen-bond donors (Lipinski definition) is 0. The molecule has 0 N–H and O–H groups in total. The van der Waals surface area contributed by atoms with Crippen molar-refractivity contribution in [3.63, 3.8) is 0 Å². The van der Waals surface area contributed by atoms with Gasteiger partial charge in [0.05, 0.1) is 4.92 Å². The summed E-state index contributed by atoms with van der Waals surface area (Å²) in [5, 5.41) is 11.5. The van der Waals surface area contributed by atoms with Gasteiger partial charge in [-0.05, 0) is 39.7 Å².